The second-order valence-electron chi connectivity index (χ2n) is 8.42. The normalized spacial score (nSPS) is 16.5. The zero-order valence-electron chi connectivity index (χ0n) is 18.8. The van der Waals surface area contributed by atoms with E-state index in [1.165, 1.54) is 4.90 Å². The first kappa shape index (κ1) is 22.5. The number of amides is 3. The lowest BCUT2D eigenvalue weighted by atomic mass is 9.94. The van der Waals surface area contributed by atoms with Crippen LogP contribution in [0.5, 0.6) is 5.75 Å². The van der Waals surface area contributed by atoms with Crippen LogP contribution >= 0.6 is 0 Å². The summed E-state index contributed by atoms with van der Waals surface area (Å²) in [5.41, 5.74) is 1.36. The Morgan fingerprint density at radius 1 is 1.13 bits per heavy atom. The van der Waals surface area contributed by atoms with Gasteiger partial charge < -0.3 is 9.64 Å². The van der Waals surface area contributed by atoms with E-state index in [0.717, 1.165) is 5.56 Å². The average Bonchev–Trinajstić information content (AvgIpc) is 3.02. The maximum Gasteiger partial charge on any atom is 0.257 e. The molecule has 0 saturated carbocycles. The van der Waals surface area contributed by atoms with Crippen molar-refractivity contribution in [3.63, 3.8) is 0 Å². The van der Waals surface area contributed by atoms with E-state index >= 15 is 0 Å². The van der Waals surface area contributed by atoms with E-state index in [1.807, 2.05) is 52.8 Å². The Morgan fingerprint density at radius 3 is 2.39 bits per heavy atom. The molecule has 1 aliphatic rings. The third kappa shape index (κ3) is 4.48. The topological polar surface area (TPSA) is 66.9 Å². The van der Waals surface area contributed by atoms with Gasteiger partial charge in [-0.05, 0) is 70.5 Å². The van der Waals surface area contributed by atoms with Crippen molar-refractivity contribution in [1.29, 1.82) is 0 Å². The highest BCUT2D eigenvalue weighted by molar-refractivity contribution is 6.23. The van der Waals surface area contributed by atoms with E-state index in [0.29, 0.717) is 30.0 Å². The molecule has 0 radical (unpaired) electrons. The average molecular weight is 423 g/mol. The van der Waals surface area contributed by atoms with Gasteiger partial charge in [-0.2, -0.15) is 0 Å². The first-order chi connectivity index (χ1) is 14.7. The molecule has 0 aromatic heterocycles. The Kier molecular flexibility index (Phi) is 6.48. The van der Waals surface area contributed by atoms with Gasteiger partial charge in [-0.3, -0.25) is 14.4 Å². The highest BCUT2D eigenvalue weighted by atomic mass is 16.5. The van der Waals surface area contributed by atoms with E-state index in [4.69, 9.17) is 4.74 Å². The number of carbonyl (C=O) groups excluding carboxylic acids is 3. The molecule has 1 atom stereocenters. The lowest BCUT2D eigenvalue weighted by molar-refractivity contribution is -0.123. The first-order valence-corrected chi connectivity index (χ1v) is 10.7. The number of rotatable bonds is 7. The number of nitrogens with zero attached hydrogens (tertiary/aromatic N) is 2. The molecule has 2 aromatic carbocycles. The number of hydrogen-bond acceptors (Lipinski definition) is 4. The first-order valence-electron chi connectivity index (χ1n) is 10.7. The van der Waals surface area contributed by atoms with Crippen molar-refractivity contribution in [2.45, 2.75) is 59.0 Å². The molecule has 1 fully saturated rings. The van der Waals surface area contributed by atoms with E-state index in [1.54, 1.807) is 35.2 Å². The van der Waals surface area contributed by atoms with E-state index in [9.17, 15) is 14.4 Å². The smallest absolute Gasteiger partial charge is 0.257 e. The molecule has 164 valence electrons. The van der Waals surface area contributed by atoms with Crippen LogP contribution in [0.1, 0.15) is 56.5 Å². The van der Waals surface area contributed by atoms with Crippen molar-refractivity contribution >= 4 is 23.4 Å². The largest absolute Gasteiger partial charge is 0.494 e. The molecule has 0 N–H and O–H groups in total. The zero-order valence-corrected chi connectivity index (χ0v) is 18.8. The van der Waals surface area contributed by atoms with Gasteiger partial charge in [-0.15, -0.1) is 0 Å². The van der Waals surface area contributed by atoms with Crippen LogP contribution in [-0.2, 0) is 9.59 Å². The van der Waals surface area contributed by atoms with Crippen molar-refractivity contribution < 1.29 is 19.1 Å². The minimum absolute atomic E-state index is 0.0347. The van der Waals surface area contributed by atoms with E-state index in [2.05, 4.69) is 0 Å². The molecular formula is C25H30N2O4. The molecule has 0 spiro atoms. The van der Waals surface area contributed by atoms with Crippen LogP contribution < -0.4 is 9.64 Å². The van der Waals surface area contributed by atoms with Crippen molar-refractivity contribution in [3.05, 3.63) is 59.7 Å². The van der Waals surface area contributed by atoms with Gasteiger partial charge in [-0.25, -0.2) is 4.90 Å². The Labute approximate surface area is 183 Å². The van der Waals surface area contributed by atoms with Crippen LogP contribution in [0.4, 0.5) is 5.69 Å². The summed E-state index contributed by atoms with van der Waals surface area (Å²) in [6.07, 6.45) is 0.610. The third-order valence-corrected chi connectivity index (χ3v) is 5.84. The van der Waals surface area contributed by atoms with E-state index < -0.39 is 11.6 Å². The quantitative estimate of drug-likeness (QED) is 0.622. The van der Waals surface area contributed by atoms with Crippen molar-refractivity contribution in [2.75, 3.05) is 11.5 Å². The monoisotopic (exact) mass is 422 g/mol. The molecule has 1 aliphatic heterocycles. The van der Waals surface area contributed by atoms with Crippen LogP contribution in [0.25, 0.3) is 0 Å². The minimum Gasteiger partial charge on any atom is -0.494 e. The summed E-state index contributed by atoms with van der Waals surface area (Å²) in [6, 6.07) is 13.3. The number of imide groups is 1. The second kappa shape index (κ2) is 8.92. The fourth-order valence-corrected chi connectivity index (χ4v) is 3.87. The summed E-state index contributed by atoms with van der Waals surface area (Å²) in [5.74, 6) is -0.259. The van der Waals surface area contributed by atoms with Crippen molar-refractivity contribution in [1.82, 2.24) is 4.90 Å². The summed E-state index contributed by atoms with van der Waals surface area (Å²) in [4.78, 5) is 42.6. The Bertz CT molecular complexity index is 981. The fraction of sp³-hybridized carbons (Fsp3) is 0.400. The fourth-order valence-electron chi connectivity index (χ4n) is 3.87. The van der Waals surface area contributed by atoms with Crippen molar-refractivity contribution in [3.8, 4) is 5.75 Å². The lowest BCUT2D eigenvalue weighted by Gasteiger charge is -2.41. The maximum absolute atomic E-state index is 13.5. The van der Waals surface area contributed by atoms with Crippen LogP contribution in [-0.4, -0.2) is 40.8 Å². The highest BCUT2D eigenvalue weighted by Gasteiger charge is 2.48. The molecule has 1 unspecified atom stereocenters. The van der Waals surface area contributed by atoms with E-state index in [-0.39, 0.29) is 24.1 Å². The number of anilines is 1. The molecule has 1 heterocycles. The van der Waals surface area contributed by atoms with Gasteiger partial charge in [0, 0.05) is 11.1 Å². The number of hydrogen-bond donors (Lipinski definition) is 0. The summed E-state index contributed by atoms with van der Waals surface area (Å²) in [5, 5.41) is 0. The molecule has 6 nitrogen and oxygen atoms in total. The maximum atomic E-state index is 13.5. The number of ether oxygens (including phenoxy) is 1. The van der Waals surface area contributed by atoms with Gasteiger partial charge in [0.15, 0.2) is 0 Å². The third-order valence-electron chi connectivity index (χ3n) is 5.84. The standard InChI is InChI=1S/C25H30N2O4/c1-6-25(4,5)27(23(29)18-10-8-9-17(3)15-18)21-16-22(28)26(24(21)30)19-11-13-20(14-12-19)31-7-2/h8-15,21H,6-7,16H2,1-5H3. The van der Waals surface area contributed by atoms with Crippen LogP contribution in [0.2, 0.25) is 0 Å². The van der Waals surface area contributed by atoms with Crippen LogP contribution in [0, 0.1) is 6.92 Å². The molecule has 1 saturated heterocycles. The molecule has 6 heteroatoms. The Hall–Kier alpha value is -3.15. The Morgan fingerprint density at radius 2 is 1.81 bits per heavy atom. The predicted octanol–water partition coefficient (Wildman–Crippen LogP) is 4.36. The number of carbonyl (C=O) groups is 3. The van der Waals surface area contributed by atoms with Gasteiger partial charge in [0.05, 0.1) is 18.7 Å². The zero-order chi connectivity index (χ0) is 22.8. The van der Waals surface area contributed by atoms with Gasteiger partial charge in [0.25, 0.3) is 11.8 Å². The lowest BCUT2D eigenvalue weighted by Crippen LogP contribution is -2.55. The molecular weight excluding hydrogens is 392 g/mol. The molecule has 0 bridgehead atoms. The summed E-state index contributed by atoms with van der Waals surface area (Å²) in [7, 11) is 0. The molecule has 3 amide bonds. The molecule has 2 aromatic rings. The molecule has 3 rings (SSSR count). The van der Waals surface area contributed by atoms with Crippen LogP contribution in [0.3, 0.4) is 0 Å². The summed E-state index contributed by atoms with van der Waals surface area (Å²) in [6.45, 7) is 10.2. The van der Waals surface area contributed by atoms with Gasteiger partial charge in [0.1, 0.15) is 11.8 Å². The SMILES string of the molecule is CCOc1ccc(N2C(=O)CC(N(C(=O)c3cccc(C)c3)C(C)(C)CC)C2=O)cc1. The van der Waals surface area contributed by atoms with Gasteiger partial charge in [-0.1, -0.05) is 24.6 Å². The Balaban J connectivity index is 1.96. The second-order valence-corrected chi connectivity index (χ2v) is 8.42. The number of benzene rings is 2. The van der Waals surface area contributed by atoms with Crippen molar-refractivity contribution in [2.24, 2.45) is 0 Å². The summed E-state index contributed by atoms with van der Waals surface area (Å²) < 4.78 is 5.44. The van der Waals surface area contributed by atoms with Gasteiger partial charge in [0.2, 0.25) is 5.91 Å². The predicted molar refractivity (Wildman–Crippen MR) is 120 cm³/mol. The minimum atomic E-state index is -0.845. The van der Waals surface area contributed by atoms with Gasteiger partial charge >= 0.3 is 0 Å². The van der Waals surface area contributed by atoms with Crippen LogP contribution in [0.15, 0.2) is 48.5 Å². The summed E-state index contributed by atoms with van der Waals surface area (Å²) >= 11 is 0. The molecule has 31 heavy (non-hydrogen) atoms. The highest BCUT2D eigenvalue weighted by Crippen LogP contribution is 2.33. The molecule has 0 aliphatic carbocycles. The number of aryl methyl sites for hydroxylation is 1.